The Bertz CT molecular complexity index is 772. The first kappa shape index (κ1) is 22.2. The summed E-state index contributed by atoms with van der Waals surface area (Å²) in [6.07, 6.45) is 3.05. The molecule has 0 unspecified atom stereocenters. The maximum absolute atomic E-state index is 12.6. The summed E-state index contributed by atoms with van der Waals surface area (Å²) >= 11 is 0. The van der Waals surface area contributed by atoms with E-state index < -0.39 is 34.4 Å². The lowest BCUT2D eigenvalue weighted by Crippen LogP contribution is -2.44. The fourth-order valence-electron chi connectivity index (χ4n) is 2.57. The Morgan fingerprint density at radius 2 is 1.86 bits per heavy atom. The van der Waals surface area contributed by atoms with Crippen LogP contribution in [0.1, 0.15) is 39.5 Å². The van der Waals surface area contributed by atoms with E-state index in [0.717, 1.165) is 12.8 Å². The number of primary amides is 1. The van der Waals surface area contributed by atoms with Crippen LogP contribution in [0.15, 0.2) is 29.2 Å². The van der Waals surface area contributed by atoms with E-state index in [1.807, 2.05) is 13.8 Å². The molecule has 8 nitrogen and oxygen atoms in total. The molecule has 1 atom stereocenters. The van der Waals surface area contributed by atoms with Crippen LogP contribution in [0.5, 0.6) is 5.75 Å². The normalized spacial score (nSPS) is 15.7. The fraction of sp³-hybridized carbons (Fsp3) is 0.579. The van der Waals surface area contributed by atoms with Crippen molar-refractivity contribution in [1.82, 2.24) is 4.72 Å². The Morgan fingerprint density at radius 3 is 2.36 bits per heavy atom. The van der Waals surface area contributed by atoms with E-state index in [4.69, 9.17) is 15.2 Å². The summed E-state index contributed by atoms with van der Waals surface area (Å²) in [6, 6.07) is 4.52. The Hall–Kier alpha value is -2.13. The number of rotatable bonds is 11. The molecule has 0 bridgehead atoms. The molecule has 1 aromatic carbocycles. The summed E-state index contributed by atoms with van der Waals surface area (Å²) in [6.45, 7) is 4.42. The highest BCUT2D eigenvalue weighted by atomic mass is 32.2. The molecule has 2 rings (SSSR count). The summed E-state index contributed by atoms with van der Waals surface area (Å²) < 4.78 is 38.1. The molecule has 3 N–H and O–H groups in total. The highest BCUT2D eigenvalue weighted by molar-refractivity contribution is 7.89. The van der Waals surface area contributed by atoms with Crippen molar-refractivity contribution in [2.24, 2.45) is 17.6 Å². The molecule has 0 aromatic heterocycles. The largest absolute Gasteiger partial charge is 0.493 e. The zero-order valence-corrected chi connectivity index (χ0v) is 17.0. The van der Waals surface area contributed by atoms with Crippen molar-refractivity contribution < 1.29 is 27.5 Å². The van der Waals surface area contributed by atoms with Gasteiger partial charge < -0.3 is 15.2 Å². The minimum Gasteiger partial charge on any atom is -0.493 e. The predicted molar refractivity (Wildman–Crippen MR) is 103 cm³/mol. The van der Waals surface area contributed by atoms with Gasteiger partial charge in [-0.25, -0.2) is 8.42 Å². The highest BCUT2D eigenvalue weighted by Crippen LogP contribution is 2.27. The third-order valence-corrected chi connectivity index (χ3v) is 5.88. The van der Waals surface area contributed by atoms with E-state index in [0.29, 0.717) is 18.3 Å². The van der Waals surface area contributed by atoms with E-state index in [9.17, 15) is 18.0 Å². The van der Waals surface area contributed by atoms with Crippen LogP contribution in [0.25, 0.3) is 0 Å². The van der Waals surface area contributed by atoms with Gasteiger partial charge in [-0.1, -0.05) is 20.3 Å². The molecular formula is C19H28N2O6S. The van der Waals surface area contributed by atoms with E-state index in [-0.39, 0.29) is 17.4 Å². The van der Waals surface area contributed by atoms with Crippen molar-refractivity contribution in [3.8, 4) is 5.75 Å². The number of hydrogen-bond acceptors (Lipinski definition) is 6. The van der Waals surface area contributed by atoms with Crippen LogP contribution in [-0.2, 0) is 24.3 Å². The first-order valence-electron chi connectivity index (χ1n) is 9.37. The van der Waals surface area contributed by atoms with Gasteiger partial charge in [0.15, 0.2) is 0 Å². The molecule has 1 aromatic rings. The molecule has 1 amide bonds. The Morgan fingerprint density at radius 1 is 1.21 bits per heavy atom. The van der Waals surface area contributed by atoms with Gasteiger partial charge in [0, 0.05) is 0 Å². The summed E-state index contributed by atoms with van der Waals surface area (Å²) in [5.41, 5.74) is 5.14. The molecule has 156 valence electrons. The maximum atomic E-state index is 12.6. The lowest BCUT2D eigenvalue weighted by Gasteiger charge is -2.25. The third-order valence-electron chi connectivity index (χ3n) is 4.39. The maximum Gasteiger partial charge on any atom is 0.324 e. The van der Waals surface area contributed by atoms with Crippen molar-refractivity contribution >= 4 is 21.9 Å². The molecule has 0 saturated heterocycles. The molecule has 28 heavy (non-hydrogen) atoms. The molecule has 1 aliphatic rings. The van der Waals surface area contributed by atoms with Gasteiger partial charge in [0.2, 0.25) is 15.9 Å². The topological polar surface area (TPSA) is 125 Å². The van der Waals surface area contributed by atoms with Gasteiger partial charge in [0.25, 0.3) is 0 Å². The quantitative estimate of drug-likeness (QED) is 0.532. The van der Waals surface area contributed by atoms with E-state index in [2.05, 4.69) is 4.72 Å². The summed E-state index contributed by atoms with van der Waals surface area (Å²) in [7, 11) is -4.04. The zero-order valence-electron chi connectivity index (χ0n) is 16.2. The Kier molecular flexibility index (Phi) is 7.82. The molecule has 9 heteroatoms. The summed E-state index contributed by atoms with van der Waals surface area (Å²) in [5, 5.41) is 0. The number of ether oxygens (including phenoxy) is 2. The average Bonchev–Trinajstić information content (AvgIpc) is 2.57. The van der Waals surface area contributed by atoms with E-state index in [1.54, 1.807) is 12.1 Å². The molecule has 1 aliphatic carbocycles. The van der Waals surface area contributed by atoms with Crippen LogP contribution in [0.3, 0.4) is 0 Å². The monoisotopic (exact) mass is 412 g/mol. The Labute approximate surface area is 165 Å². The van der Waals surface area contributed by atoms with Crippen LogP contribution in [0, 0.1) is 11.8 Å². The fourth-order valence-corrected chi connectivity index (χ4v) is 3.75. The number of esters is 1. The third kappa shape index (κ3) is 6.79. The van der Waals surface area contributed by atoms with Gasteiger partial charge in [0.05, 0.1) is 24.5 Å². The smallest absolute Gasteiger partial charge is 0.324 e. The lowest BCUT2D eigenvalue weighted by atomic mass is 9.86. The van der Waals surface area contributed by atoms with Crippen LogP contribution in [-0.4, -0.2) is 39.5 Å². The van der Waals surface area contributed by atoms with Gasteiger partial charge in [0.1, 0.15) is 11.8 Å². The van der Waals surface area contributed by atoms with Gasteiger partial charge in [-0.2, -0.15) is 4.72 Å². The van der Waals surface area contributed by atoms with E-state index in [1.165, 1.54) is 18.6 Å². The van der Waals surface area contributed by atoms with Crippen molar-refractivity contribution in [2.75, 3.05) is 13.2 Å². The van der Waals surface area contributed by atoms with Crippen molar-refractivity contribution in [3.05, 3.63) is 24.3 Å². The van der Waals surface area contributed by atoms with Crippen LogP contribution < -0.4 is 15.2 Å². The first-order chi connectivity index (χ1) is 13.2. The second-order valence-electron chi connectivity index (χ2n) is 7.45. The number of amides is 1. The number of carbonyl (C=O) groups excluding carboxylic acids is 2. The number of sulfonamides is 1. The Balaban J connectivity index is 2.02. The molecule has 1 fully saturated rings. The van der Waals surface area contributed by atoms with Gasteiger partial charge in [-0.05, 0) is 48.9 Å². The molecular weight excluding hydrogens is 384 g/mol. The van der Waals surface area contributed by atoms with Crippen molar-refractivity contribution in [1.29, 1.82) is 0 Å². The van der Waals surface area contributed by atoms with Crippen molar-refractivity contribution in [2.45, 2.75) is 50.5 Å². The molecule has 0 heterocycles. The molecule has 0 spiro atoms. The SMILES string of the molecule is CC(C)COC(=O)[C@@H](CC(N)=O)NS(=O)(=O)c1ccc(OCC2CCC2)cc1. The standard InChI is InChI=1S/C19H28N2O6S/c1-13(2)11-27-19(23)17(10-18(20)22)21-28(24,25)16-8-6-15(7-9-16)26-12-14-4-3-5-14/h6-9,13-14,17,21H,3-5,10-12H2,1-2H3,(H2,20,22)/t17-/m1/s1. The summed E-state index contributed by atoms with van der Waals surface area (Å²) in [4.78, 5) is 23.3. The van der Waals surface area contributed by atoms with Gasteiger partial charge in [-0.15, -0.1) is 0 Å². The van der Waals surface area contributed by atoms with Crippen molar-refractivity contribution in [3.63, 3.8) is 0 Å². The first-order valence-corrected chi connectivity index (χ1v) is 10.9. The second kappa shape index (κ2) is 9.88. The zero-order chi connectivity index (χ0) is 20.7. The number of carbonyl (C=O) groups is 2. The molecule has 0 radical (unpaired) electrons. The van der Waals surface area contributed by atoms with Crippen LogP contribution >= 0.6 is 0 Å². The van der Waals surface area contributed by atoms with Crippen LogP contribution in [0.2, 0.25) is 0 Å². The van der Waals surface area contributed by atoms with E-state index >= 15 is 0 Å². The molecule has 1 saturated carbocycles. The predicted octanol–water partition coefficient (Wildman–Crippen LogP) is 1.59. The molecule has 0 aliphatic heterocycles. The number of nitrogens with two attached hydrogens (primary N) is 1. The number of nitrogens with one attached hydrogen (secondary N) is 1. The summed E-state index contributed by atoms with van der Waals surface area (Å²) in [5.74, 6) is -0.430. The lowest BCUT2D eigenvalue weighted by molar-refractivity contribution is -0.148. The second-order valence-corrected chi connectivity index (χ2v) is 9.16. The number of benzene rings is 1. The highest BCUT2D eigenvalue weighted by Gasteiger charge is 2.29. The average molecular weight is 413 g/mol. The van der Waals surface area contributed by atoms with Gasteiger partial charge in [-0.3, -0.25) is 9.59 Å². The van der Waals surface area contributed by atoms with Crippen LogP contribution in [0.4, 0.5) is 0 Å². The minimum absolute atomic E-state index is 0.0466. The van der Waals surface area contributed by atoms with Gasteiger partial charge >= 0.3 is 5.97 Å². The number of hydrogen-bond donors (Lipinski definition) is 2. The minimum atomic E-state index is -4.04.